The Labute approximate surface area is 107 Å². The monoisotopic (exact) mass is 277 g/mol. The van der Waals surface area contributed by atoms with Gasteiger partial charge in [0.2, 0.25) is 0 Å². The van der Waals surface area contributed by atoms with E-state index < -0.39 is 18.8 Å². The lowest BCUT2D eigenvalue weighted by atomic mass is 10.3. The van der Waals surface area contributed by atoms with Gasteiger partial charge >= 0.3 is 12.2 Å². The lowest BCUT2D eigenvalue weighted by Crippen LogP contribution is -2.42. The van der Waals surface area contributed by atoms with Crippen molar-refractivity contribution in [1.82, 2.24) is 10.6 Å². The molecule has 5 nitrogen and oxygen atoms in total. The first-order valence-electron chi connectivity index (χ1n) is 5.44. The summed E-state index contributed by atoms with van der Waals surface area (Å²) in [5.74, 6) is 0.458. The molecule has 0 unspecified atom stereocenters. The molecule has 0 spiro atoms. The fourth-order valence-corrected chi connectivity index (χ4v) is 1.18. The summed E-state index contributed by atoms with van der Waals surface area (Å²) in [5.41, 5.74) is 6.06. The number of rotatable bonds is 5. The number of ether oxygens (including phenoxy) is 1. The Morgan fingerprint density at radius 2 is 1.95 bits per heavy atom. The van der Waals surface area contributed by atoms with E-state index in [1.807, 2.05) is 0 Å². The molecule has 0 bridgehead atoms. The smallest absolute Gasteiger partial charge is 0.405 e. The van der Waals surface area contributed by atoms with Gasteiger partial charge in [0.1, 0.15) is 18.9 Å². The van der Waals surface area contributed by atoms with Crippen molar-refractivity contribution >= 4 is 11.7 Å². The van der Waals surface area contributed by atoms with Crippen molar-refractivity contribution in [2.45, 2.75) is 6.18 Å². The van der Waals surface area contributed by atoms with Crippen LogP contribution in [0, 0.1) is 0 Å². The van der Waals surface area contributed by atoms with Crippen molar-refractivity contribution in [3.8, 4) is 5.75 Å². The molecule has 0 aliphatic rings. The average molecular weight is 277 g/mol. The highest BCUT2D eigenvalue weighted by Crippen LogP contribution is 2.19. The molecule has 2 amide bonds. The van der Waals surface area contributed by atoms with E-state index in [1.165, 1.54) is 0 Å². The molecule has 0 heterocycles. The molecule has 1 aromatic rings. The average Bonchev–Trinajstić information content (AvgIpc) is 2.33. The number of nitrogens with one attached hydrogen (secondary N) is 2. The van der Waals surface area contributed by atoms with E-state index in [9.17, 15) is 18.0 Å². The maximum Gasteiger partial charge on any atom is 0.405 e. The number of carbonyl (C=O) groups excluding carboxylic acids is 1. The third-order valence-corrected chi connectivity index (χ3v) is 2.01. The summed E-state index contributed by atoms with van der Waals surface area (Å²) in [6, 6.07) is 5.87. The SMILES string of the molecule is Nc1ccccc1OCCNC(=O)NCC(F)(F)F. The maximum atomic E-state index is 11.8. The summed E-state index contributed by atoms with van der Waals surface area (Å²) in [4.78, 5) is 11.0. The van der Waals surface area contributed by atoms with Gasteiger partial charge < -0.3 is 21.1 Å². The molecule has 0 aromatic heterocycles. The van der Waals surface area contributed by atoms with Gasteiger partial charge in [-0.05, 0) is 12.1 Å². The van der Waals surface area contributed by atoms with Crippen molar-refractivity contribution in [2.24, 2.45) is 0 Å². The highest BCUT2D eigenvalue weighted by Gasteiger charge is 2.27. The molecule has 1 rings (SSSR count). The fourth-order valence-electron chi connectivity index (χ4n) is 1.18. The van der Waals surface area contributed by atoms with E-state index in [2.05, 4.69) is 5.32 Å². The largest absolute Gasteiger partial charge is 0.490 e. The van der Waals surface area contributed by atoms with Crippen LogP contribution in [0.1, 0.15) is 0 Å². The number of alkyl halides is 3. The standard InChI is InChI=1S/C11H14F3N3O2/c12-11(13,14)7-17-10(18)16-5-6-19-9-4-2-1-3-8(9)15/h1-4H,5-7,15H2,(H2,16,17,18). The minimum Gasteiger partial charge on any atom is -0.490 e. The predicted octanol–water partition coefficient (Wildman–Crippen LogP) is 1.51. The molecule has 0 saturated heterocycles. The first kappa shape index (κ1) is 14.9. The maximum absolute atomic E-state index is 11.8. The second-order valence-corrected chi connectivity index (χ2v) is 3.61. The highest BCUT2D eigenvalue weighted by atomic mass is 19.4. The molecule has 0 aliphatic carbocycles. The molecule has 19 heavy (non-hydrogen) atoms. The molecule has 0 fully saturated rings. The lowest BCUT2D eigenvalue weighted by Gasteiger charge is -2.11. The summed E-state index contributed by atoms with van der Waals surface area (Å²) in [5, 5.41) is 3.91. The zero-order chi connectivity index (χ0) is 14.3. The number of carbonyl (C=O) groups is 1. The van der Waals surface area contributed by atoms with Crippen LogP contribution in [0.25, 0.3) is 0 Å². The van der Waals surface area contributed by atoms with Crippen molar-refractivity contribution in [2.75, 3.05) is 25.4 Å². The van der Waals surface area contributed by atoms with Gasteiger partial charge in [-0.1, -0.05) is 12.1 Å². The van der Waals surface area contributed by atoms with Crippen LogP contribution >= 0.6 is 0 Å². The third kappa shape index (κ3) is 6.39. The highest BCUT2D eigenvalue weighted by molar-refractivity contribution is 5.73. The number of benzene rings is 1. The van der Waals surface area contributed by atoms with E-state index in [4.69, 9.17) is 10.5 Å². The minimum atomic E-state index is -4.42. The summed E-state index contributed by atoms with van der Waals surface area (Å²) < 4.78 is 40.6. The van der Waals surface area contributed by atoms with Crippen molar-refractivity contribution in [1.29, 1.82) is 0 Å². The molecule has 4 N–H and O–H groups in total. The molecule has 0 aliphatic heterocycles. The number of anilines is 1. The Balaban J connectivity index is 2.17. The second kappa shape index (κ2) is 6.72. The quantitative estimate of drug-likeness (QED) is 0.564. The Kier molecular flexibility index (Phi) is 5.28. The number of amides is 2. The normalized spacial score (nSPS) is 10.9. The number of hydrogen-bond acceptors (Lipinski definition) is 3. The number of nitrogen functional groups attached to an aromatic ring is 1. The molecular formula is C11H14F3N3O2. The lowest BCUT2D eigenvalue weighted by molar-refractivity contribution is -0.122. The molecule has 1 aromatic carbocycles. The molecule has 106 valence electrons. The van der Waals surface area contributed by atoms with E-state index in [-0.39, 0.29) is 13.2 Å². The van der Waals surface area contributed by atoms with Crippen LogP contribution in [-0.4, -0.2) is 31.9 Å². The van der Waals surface area contributed by atoms with Crippen molar-refractivity contribution in [3.05, 3.63) is 24.3 Å². The van der Waals surface area contributed by atoms with E-state index in [0.717, 1.165) is 0 Å². The molecular weight excluding hydrogens is 263 g/mol. The van der Waals surface area contributed by atoms with Gasteiger partial charge in [0.05, 0.1) is 12.2 Å². The van der Waals surface area contributed by atoms with Crippen LogP contribution < -0.4 is 21.1 Å². The second-order valence-electron chi connectivity index (χ2n) is 3.61. The fraction of sp³-hybridized carbons (Fsp3) is 0.364. The number of nitrogens with two attached hydrogens (primary N) is 1. The van der Waals surface area contributed by atoms with Gasteiger partial charge in [0, 0.05) is 0 Å². The van der Waals surface area contributed by atoms with Crippen molar-refractivity contribution in [3.63, 3.8) is 0 Å². The number of urea groups is 1. The Morgan fingerprint density at radius 1 is 1.26 bits per heavy atom. The summed E-state index contributed by atoms with van der Waals surface area (Å²) >= 11 is 0. The number of hydrogen-bond donors (Lipinski definition) is 3. The van der Waals surface area contributed by atoms with E-state index in [1.54, 1.807) is 29.6 Å². The van der Waals surface area contributed by atoms with E-state index in [0.29, 0.717) is 11.4 Å². The topological polar surface area (TPSA) is 76.4 Å². The van der Waals surface area contributed by atoms with Crippen LogP contribution in [0.4, 0.5) is 23.7 Å². The Bertz CT molecular complexity index is 424. The van der Waals surface area contributed by atoms with Crippen LogP contribution in [0.15, 0.2) is 24.3 Å². The van der Waals surface area contributed by atoms with Crippen molar-refractivity contribution < 1.29 is 22.7 Å². The van der Waals surface area contributed by atoms with Crippen LogP contribution in [0.3, 0.4) is 0 Å². The van der Waals surface area contributed by atoms with Gasteiger partial charge in [-0.3, -0.25) is 0 Å². The Hall–Kier alpha value is -2.12. The number of halogens is 3. The molecule has 8 heteroatoms. The number of para-hydroxylation sites is 2. The van der Waals surface area contributed by atoms with E-state index >= 15 is 0 Å². The van der Waals surface area contributed by atoms with Gasteiger partial charge in [-0.15, -0.1) is 0 Å². The van der Waals surface area contributed by atoms with Gasteiger partial charge in [0.15, 0.2) is 0 Å². The van der Waals surface area contributed by atoms with Gasteiger partial charge in [0.25, 0.3) is 0 Å². The summed E-state index contributed by atoms with van der Waals surface area (Å²) in [6.07, 6.45) is -4.42. The third-order valence-electron chi connectivity index (χ3n) is 2.01. The van der Waals surface area contributed by atoms with Gasteiger partial charge in [-0.25, -0.2) is 4.79 Å². The van der Waals surface area contributed by atoms with Gasteiger partial charge in [-0.2, -0.15) is 13.2 Å². The molecule has 0 atom stereocenters. The molecule has 0 radical (unpaired) electrons. The Morgan fingerprint density at radius 3 is 2.58 bits per heavy atom. The summed E-state index contributed by atoms with van der Waals surface area (Å²) in [7, 11) is 0. The minimum absolute atomic E-state index is 0.0675. The zero-order valence-corrected chi connectivity index (χ0v) is 9.96. The van der Waals surface area contributed by atoms with Crippen LogP contribution in [-0.2, 0) is 0 Å². The predicted molar refractivity (Wildman–Crippen MR) is 63.8 cm³/mol. The van der Waals surface area contributed by atoms with Crippen LogP contribution in [0.5, 0.6) is 5.75 Å². The summed E-state index contributed by atoms with van der Waals surface area (Å²) in [6.45, 7) is -1.20. The van der Waals surface area contributed by atoms with Crippen LogP contribution in [0.2, 0.25) is 0 Å². The zero-order valence-electron chi connectivity index (χ0n) is 9.96. The first-order chi connectivity index (χ1) is 8.88. The first-order valence-corrected chi connectivity index (χ1v) is 5.44. The molecule has 0 saturated carbocycles.